The molecule has 2 fully saturated rings. The predicted molar refractivity (Wildman–Crippen MR) is 160 cm³/mol. The van der Waals surface area contributed by atoms with Crippen molar-refractivity contribution in [2.45, 2.75) is 44.6 Å². The van der Waals surface area contributed by atoms with Crippen LogP contribution in [0.1, 0.15) is 65.5 Å². The van der Waals surface area contributed by atoms with Crippen LogP contribution in [0.15, 0.2) is 48.5 Å². The first-order valence-corrected chi connectivity index (χ1v) is 14.1. The summed E-state index contributed by atoms with van der Waals surface area (Å²) < 4.78 is 31.1. The van der Waals surface area contributed by atoms with Gasteiger partial charge in [0.15, 0.2) is 5.65 Å². The van der Waals surface area contributed by atoms with Crippen molar-refractivity contribution >= 4 is 36.6 Å². The zero-order valence-corrected chi connectivity index (χ0v) is 24.2. The molecule has 0 bridgehead atoms. The van der Waals surface area contributed by atoms with E-state index in [-0.39, 0.29) is 49.0 Å². The summed E-state index contributed by atoms with van der Waals surface area (Å²) in [6.07, 6.45) is 3.28. The molecule has 1 saturated heterocycles. The minimum Gasteiger partial charge on any atom is -0.371 e. The fourth-order valence-corrected chi connectivity index (χ4v) is 6.25. The summed E-state index contributed by atoms with van der Waals surface area (Å²) in [6.45, 7) is 3.55. The van der Waals surface area contributed by atoms with E-state index < -0.39 is 5.82 Å². The first kappa shape index (κ1) is 28.1. The fourth-order valence-electron chi connectivity index (χ4n) is 6.25. The molecule has 0 radical (unpaired) electrons. The van der Waals surface area contributed by atoms with Gasteiger partial charge in [-0.1, -0.05) is 6.07 Å². The molecule has 3 aliphatic rings. The van der Waals surface area contributed by atoms with Gasteiger partial charge in [0, 0.05) is 48.6 Å². The van der Waals surface area contributed by atoms with Crippen molar-refractivity contribution in [3.05, 3.63) is 82.7 Å². The quantitative estimate of drug-likeness (QED) is 0.362. The van der Waals surface area contributed by atoms with Gasteiger partial charge in [-0.15, -0.1) is 0 Å². The van der Waals surface area contributed by atoms with Gasteiger partial charge in [-0.25, -0.2) is 18.3 Å². The van der Waals surface area contributed by atoms with Crippen molar-refractivity contribution in [3.63, 3.8) is 0 Å². The molecule has 8 nitrogen and oxygen atoms in total. The van der Waals surface area contributed by atoms with Gasteiger partial charge in [0.1, 0.15) is 17.3 Å². The number of hydrogen-bond acceptors (Lipinski definition) is 5. The molecule has 2 aromatic heterocycles. The summed E-state index contributed by atoms with van der Waals surface area (Å²) >= 11 is 0. The van der Waals surface area contributed by atoms with Crippen molar-refractivity contribution < 1.29 is 18.4 Å². The van der Waals surface area contributed by atoms with Gasteiger partial charge in [0.25, 0.3) is 5.91 Å². The summed E-state index contributed by atoms with van der Waals surface area (Å²) in [5.41, 5.74) is 10.5. The number of carbonyl (C=O) groups excluding carboxylic acids is 2. The van der Waals surface area contributed by atoms with Crippen molar-refractivity contribution in [1.29, 1.82) is 0 Å². The second-order valence-corrected chi connectivity index (χ2v) is 11.4. The summed E-state index contributed by atoms with van der Waals surface area (Å²) in [5.74, 6) is -1.26. The lowest BCUT2D eigenvalue weighted by Gasteiger charge is -2.35. The number of amides is 2. The van der Waals surface area contributed by atoms with Crippen LogP contribution in [0.2, 0.25) is 0 Å². The van der Waals surface area contributed by atoms with E-state index in [2.05, 4.69) is 4.98 Å². The monoisotopic (exact) mass is 590 g/mol. The van der Waals surface area contributed by atoms with E-state index in [1.165, 1.54) is 18.2 Å². The summed E-state index contributed by atoms with van der Waals surface area (Å²) in [4.78, 5) is 33.7. The number of anilines is 1. The Balaban J connectivity index is 0.00000316. The van der Waals surface area contributed by atoms with Gasteiger partial charge >= 0.3 is 0 Å². The average Bonchev–Trinajstić information content (AvgIpc) is 3.51. The van der Waals surface area contributed by atoms with Crippen LogP contribution in [0.25, 0.3) is 16.9 Å². The molecule has 2 N–H and O–H groups in total. The zero-order valence-electron chi connectivity index (χ0n) is 23.2. The zero-order chi connectivity index (χ0) is 28.4. The predicted octanol–water partition coefficient (Wildman–Crippen LogP) is 4.74. The van der Waals surface area contributed by atoms with Crippen LogP contribution in [0, 0.1) is 17.6 Å². The molecule has 0 unspecified atom stereocenters. The molecule has 0 spiro atoms. The molecular weight excluding hydrogens is 558 g/mol. The maximum Gasteiger partial charge on any atom is 0.273 e. The molecule has 2 atom stereocenters. The van der Waals surface area contributed by atoms with Crippen LogP contribution < -0.4 is 10.6 Å². The Hall–Kier alpha value is -3.99. The number of carbonyl (C=O) groups is 2. The number of hydrogen-bond donors (Lipinski definition) is 1. The van der Waals surface area contributed by atoms with Crippen molar-refractivity contribution in [3.8, 4) is 11.3 Å². The molecule has 1 saturated carbocycles. The van der Waals surface area contributed by atoms with Crippen LogP contribution in [0.4, 0.5) is 14.5 Å². The summed E-state index contributed by atoms with van der Waals surface area (Å²) in [5, 5.41) is 4.71. The molecule has 2 aromatic carbocycles. The highest BCUT2D eigenvalue weighted by Crippen LogP contribution is 2.41. The van der Waals surface area contributed by atoms with Crippen LogP contribution in [-0.4, -0.2) is 50.9 Å². The number of benzene rings is 2. The standard InChI is InChI=1S/C31H30F2N6O2.H2S/c1-17-24-12-21(32)5-4-18(24)9-11-38(17)31(41)27-14-28(19-2-3-19)39-29(35-27)15-26(36-39)23-7-6-22(13-25(23)33)37-10-8-20(16-37)30(34)40;/h4-7,12-15,17,19-20H,2-3,8-11,16H2,1H3,(H2,34,40);1H2/t17-,20+;/m1./s1. The van der Waals surface area contributed by atoms with Gasteiger partial charge < -0.3 is 15.5 Å². The minimum absolute atomic E-state index is 0. The Kier molecular flexibility index (Phi) is 7.16. The molecule has 4 heterocycles. The van der Waals surface area contributed by atoms with E-state index in [1.807, 2.05) is 17.9 Å². The highest BCUT2D eigenvalue weighted by molar-refractivity contribution is 7.59. The molecule has 4 aromatic rings. The maximum atomic E-state index is 15.4. The van der Waals surface area contributed by atoms with E-state index in [9.17, 15) is 14.0 Å². The van der Waals surface area contributed by atoms with E-state index in [0.29, 0.717) is 60.8 Å². The number of nitrogens with two attached hydrogens (primary N) is 1. The number of fused-ring (bicyclic) bond motifs is 2. The number of aromatic nitrogens is 3. The first-order valence-electron chi connectivity index (χ1n) is 14.1. The SMILES string of the molecule is C[C@@H]1c2cc(F)ccc2CCN1C(=O)c1cc(C2CC2)n2nc(-c3ccc(N4CC[C@H](C(N)=O)C4)cc3F)cc2n1.S. The van der Waals surface area contributed by atoms with Gasteiger partial charge in [-0.05, 0) is 80.1 Å². The van der Waals surface area contributed by atoms with E-state index in [4.69, 9.17) is 10.8 Å². The summed E-state index contributed by atoms with van der Waals surface area (Å²) in [6, 6.07) is 13.0. The lowest BCUT2D eigenvalue weighted by molar-refractivity contribution is -0.121. The van der Waals surface area contributed by atoms with Crippen molar-refractivity contribution in [2.24, 2.45) is 11.7 Å². The second kappa shape index (κ2) is 10.7. The van der Waals surface area contributed by atoms with Crippen LogP contribution in [-0.2, 0) is 11.2 Å². The fraction of sp³-hybridized carbons (Fsp3) is 0.355. The first-order chi connectivity index (χ1) is 19.8. The Labute approximate surface area is 249 Å². The minimum atomic E-state index is -0.425. The smallest absolute Gasteiger partial charge is 0.273 e. The average molecular weight is 591 g/mol. The summed E-state index contributed by atoms with van der Waals surface area (Å²) in [7, 11) is 0. The van der Waals surface area contributed by atoms with Crippen LogP contribution >= 0.6 is 13.5 Å². The molecule has 2 amide bonds. The third-order valence-corrected chi connectivity index (χ3v) is 8.76. The maximum absolute atomic E-state index is 15.4. The molecule has 7 rings (SSSR count). The molecule has 218 valence electrons. The number of primary amides is 1. The van der Waals surface area contributed by atoms with E-state index in [0.717, 1.165) is 29.7 Å². The van der Waals surface area contributed by atoms with Gasteiger partial charge in [0.2, 0.25) is 5.91 Å². The third-order valence-electron chi connectivity index (χ3n) is 8.76. The molecule has 42 heavy (non-hydrogen) atoms. The molecular formula is C31H32F2N6O2S. The largest absolute Gasteiger partial charge is 0.371 e. The van der Waals surface area contributed by atoms with Gasteiger partial charge in [-0.3, -0.25) is 9.59 Å². The molecule has 11 heteroatoms. The normalized spacial score (nSPS) is 20.0. The van der Waals surface area contributed by atoms with Crippen molar-refractivity contribution in [1.82, 2.24) is 19.5 Å². The number of rotatable bonds is 5. The lowest BCUT2D eigenvalue weighted by atomic mass is 9.93. The molecule has 2 aliphatic heterocycles. The Morgan fingerprint density at radius 3 is 2.52 bits per heavy atom. The van der Waals surface area contributed by atoms with E-state index in [1.54, 1.807) is 33.7 Å². The Bertz CT molecular complexity index is 1720. The third kappa shape index (κ3) is 4.89. The number of halogens is 2. The van der Waals surface area contributed by atoms with Crippen molar-refractivity contribution in [2.75, 3.05) is 24.5 Å². The van der Waals surface area contributed by atoms with E-state index >= 15 is 4.39 Å². The topological polar surface area (TPSA) is 96.8 Å². The number of nitrogens with zero attached hydrogens (tertiary/aromatic N) is 5. The highest BCUT2D eigenvalue weighted by Gasteiger charge is 2.33. The second-order valence-electron chi connectivity index (χ2n) is 11.4. The van der Waals surface area contributed by atoms with Crippen LogP contribution in [0.3, 0.4) is 0 Å². The Morgan fingerprint density at radius 2 is 1.81 bits per heavy atom. The van der Waals surface area contributed by atoms with Crippen LogP contribution in [0.5, 0.6) is 0 Å². The molecule has 1 aliphatic carbocycles. The highest BCUT2D eigenvalue weighted by atomic mass is 32.1. The van der Waals surface area contributed by atoms with Gasteiger partial charge in [0.05, 0.1) is 17.7 Å². The van der Waals surface area contributed by atoms with Gasteiger partial charge in [-0.2, -0.15) is 18.6 Å². The Morgan fingerprint density at radius 1 is 1.00 bits per heavy atom. The lowest BCUT2D eigenvalue weighted by Crippen LogP contribution is -2.39.